The number of methoxy groups -OCH3 is 1. The first-order valence-electron chi connectivity index (χ1n) is 7.57. The van der Waals surface area contributed by atoms with E-state index < -0.39 is 16.6 Å². The zero-order chi connectivity index (χ0) is 18.5. The minimum absolute atomic E-state index is 0.0626. The largest absolute Gasteiger partial charge is 0.507 e. The third kappa shape index (κ3) is 2.38. The molecule has 6 nitrogen and oxygen atoms in total. The molecule has 0 atom stereocenters. The highest BCUT2D eigenvalue weighted by Gasteiger charge is 2.28. The Labute approximate surface area is 143 Å². The van der Waals surface area contributed by atoms with Crippen LogP contribution in [-0.2, 0) is 5.41 Å². The summed E-state index contributed by atoms with van der Waals surface area (Å²) < 4.78 is 10.9. The number of phenolic OH excluding ortho intramolecular Hbond substituents is 3. The highest BCUT2D eigenvalue weighted by Crippen LogP contribution is 2.42. The Hall–Kier alpha value is -3.15. The molecule has 0 saturated heterocycles. The molecule has 0 aliphatic carbocycles. The molecular weight excluding hydrogens is 324 g/mol. The van der Waals surface area contributed by atoms with Crippen LogP contribution >= 0.6 is 0 Å². The monoisotopic (exact) mass is 342 g/mol. The van der Waals surface area contributed by atoms with Crippen LogP contribution in [-0.4, -0.2) is 22.4 Å². The van der Waals surface area contributed by atoms with Gasteiger partial charge in [0, 0.05) is 23.1 Å². The van der Waals surface area contributed by atoms with E-state index in [0.717, 1.165) is 6.07 Å². The Morgan fingerprint density at radius 2 is 1.80 bits per heavy atom. The van der Waals surface area contributed by atoms with Crippen molar-refractivity contribution in [1.29, 1.82) is 0 Å². The summed E-state index contributed by atoms with van der Waals surface area (Å²) in [6, 6.07) is 3.72. The minimum Gasteiger partial charge on any atom is -0.507 e. The smallest absolute Gasteiger partial charge is 0.204 e. The average Bonchev–Trinajstić information content (AvgIpc) is 2.54. The fraction of sp³-hybridized carbons (Fsp3) is 0.211. The molecule has 0 bridgehead atoms. The standard InChI is InChI=1S/C19H18O6/c1-5-19(2,3)16-12(22)7-11(21)15-17(23)9-6-10(20)14(24-4)8-13(9)25-18(15)16/h5-8,20-22H,1H2,2-4H3. The quantitative estimate of drug-likeness (QED) is 0.497. The number of allylic oxidation sites excluding steroid dienone is 1. The molecule has 25 heavy (non-hydrogen) atoms. The maximum absolute atomic E-state index is 12.9. The molecule has 0 aliphatic rings. The van der Waals surface area contributed by atoms with Gasteiger partial charge in [0.1, 0.15) is 28.1 Å². The van der Waals surface area contributed by atoms with Crippen LogP contribution in [0.15, 0.2) is 40.1 Å². The third-order valence-electron chi connectivity index (χ3n) is 4.36. The summed E-state index contributed by atoms with van der Waals surface area (Å²) in [5.41, 5.74) is -0.680. The van der Waals surface area contributed by atoms with Crippen LogP contribution < -0.4 is 10.2 Å². The Balaban J connectivity index is 2.60. The van der Waals surface area contributed by atoms with Crippen LogP contribution in [0.25, 0.3) is 21.9 Å². The van der Waals surface area contributed by atoms with Crippen LogP contribution in [0.5, 0.6) is 23.0 Å². The Bertz CT molecular complexity index is 1080. The number of hydrogen-bond acceptors (Lipinski definition) is 6. The summed E-state index contributed by atoms with van der Waals surface area (Å²) in [5.74, 6) is -0.680. The van der Waals surface area contributed by atoms with Gasteiger partial charge in [0.2, 0.25) is 5.43 Å². The van der Waals surface area contributed by atoms with Crippen molar-refractivity contribution >= 4 is 21.9 Å². The lowest BCUT2D eigenvalue weighted by Gasteiger charge is -2.23. The number of ether oxygens (including phenoxy) is 1. The third-order valence-corrected chi connectivity index (χ3v) is 4.36. The van der Waals surface area contributed by atoms with Gasteiger partial charge in [0.15, 0.2) is 11.5 Å². The van der Waals surface area contributed by atoms with Crippen molar-refractivity contribution < 1.29 is 24.5 Å². The van der Waals surface area contributed by atoms with E-state index in [0.29, 0.717) is 5.56 Å². The van der Waals surface area contributed by atoms with Crippen molar-refractivity contribution in [3.05, 3.63) is 46.6 Å². The molecule has 0 saturated carbocycles. The van der Waals surface area contributed by atoms with E-state index >= 15 is 0 Å². The lowest BCUT2D eigenvalue weighted by molar-refractivity contribution is 0.373. The molecule has 6 heteroatoms. The molecule has 0 amide bonds. The number of hydrogen-bond donors (Lipinski definition) is 3. The maximum atomic E-state index is 12.9. The maximum Gasteiger partial charge on any atom is 0.204 e. The van der Waals surface area contributed by atoms with E-state index in [1.165, 1.54) is 19.2 Å². The molecule has 130 valence electrons. The topological polar surface area (TPSA) is 100 Å². The molecular formula is C19H18O6. The second-order valence-electron chi connectivity index (χ2n) is 6.37. The van der Waals surface area contributed by atoms with Crippen LogP contribution in [0.3, 0.4) is 0 Å². The number of aromatic hydroxyl groups is 3. The highest BCUT2D eigenvalue weighted by atomic mass is 16.5. The van der Waals surface area contributed by atoms with Crippen molar-refractivity contribution in [2.45, 2.75) is 19.3 Å². The average molecular weight is 342 g/mol. The number of rotatable bonds is 3. The van der Waals surface area contributed by atoms with E-state index in [1.54, 1.807) is 19.9 Å². The van der Waals surface area contributed by atoms with Crippen molar-refractivity contribution in [3.8, 4) is 23.0 Å². The first-order chi connectivity index (χ1) is 11.7. The SMILES string of the molecule is C=CC(C)(C)c1c(O)cc(O)c2c(=O)c3cc(O)c(OC)cc3oc12. The summed E-state index contributed by atoms with van der Waals surface area (Å²) in [6.45, 7) is 7.35. The summed E-state index contributed by atoms with van der Waals surface area (Å²) in [5, 5.41) is 30.5. The van der Waals surface area contributed by atoms with Gasteiger partial charge >= 0.3 is 0 Å². The number of phenols is 3. The molecule has 1 aromatic heterocycles. The predicted molar refractivity (Wildman–Crippen MR) is 94.8 cm³/mol. The van der Waals surface area contributed by atoms with Crippen LogP contribution in [0.2, 0.25) is 0 Å². The van der Waals surface area contributed by atoms with Gasteiger partial charge in [0.05, 0.1) is 12.5 Å². The molecule has 0 radical (unpaired) electrons. The van der Waals surface area contributed by atoms with Gasteiger partial charge in [-0.25, -0.2) is 0 Å². The molecule has 2 aromatic carbocycles. The zero-order valence-corrected chi connectivity index (χ0v) is 14.1. The first-order valence-corrected chi connectivity index (χ1v) is 7.57. The molecule has 3 aromatic rings. The normalized spacial score (nSPS) is 11.8. The lowest BCUT2D eigenvalue weighted by atomic mass is 9.83. The predicted octanol–water partition coefficient (Wildman–Crippen LogP) is 3.54. The fourth-order valence-electron chi connectivity index (χ4n) is 2.90. The van der Waals surface area contributed by atoms with E-state index in [2.05, 4.69) is 6.58 Å². The van der Waals surface area contributed by atoms with Gasteiger partial charge in [-0.2, -0.15) is 0 Å². The van der Waals surface area contributed by atoms with Gasteiger partial charge in [-0.3, -0.25) is 4.79 Å². The number of fused-ring (bicyclic) bond motifs is 2. The van der Waals surface area contributed by atoms with Gasteiger partial charge in [-0.1, -0.05) is 19.9 Å². The van der Waals surface area contributed by atoms with E-state index in [4.69, 9.17) is 9.15 Å². The number of benzene rings is 2. The molecule has 0 aliphatic heterocycles. The van der Waals surface area contributed by atoms with Crippen LogP contribution in [0.4, 0.5) is 0 Å². The van der Waals surface area contributed by atoms with Crippen molar-refractivity contribution in [2.24, 2.45) is 0 Å². The summed E-state index contributed by atoms with van der Waals surface area (Å²) >= 11 is 0. The second-order valence-corrected chi connectivity index (χ2v) is 6.37. The Kier molecular flexibility index (Phi) is 3.64. The van der Waals surface area contributed by atoms with Gasteiger partial charge in [0.25, 0.3) is 0 Å². The van der Waals surface area contributed by atoms with E-state index in [9.17, 15) is 20.1 Å². The van der Waals surface area contributed by atoms with Crippen molar-refractivity contribution in [1.82, 2.24) is 0 Å². The minimum atomic E-state index is -0.722. The van der Waals surface area contributed by atoms with Crippen LogP contribution in [0.1, 0.15) is 19.4 Å². The molecule has 0 spiro atoms. The first kappa shape index (κ1) is 16.7. The summed E-state index contributed by atoms with van der Waals surface area (Å²) in [7, 11) is 1.38. The second kappa shape index (κ2) is 5.44. The van der Waals surface area contributed by atoms with Crippen LogP contribution in [0, 0.1) is 0 Å². The molecule has 3 rings (SSSR count). The zero-order valence-electron chi connectivity index (χ0n) is 14.1. The van der Waals surface area contributed by atoms with Gasteiger partial charge in [-0.05, 0) is 6.07 Å². The summed E-state index contributed by atoms with van der Waals surface area (Å²) in [6.07, 6.45) is 1.61. The van der Waals surface area contributed by atoms with Crippen molar-refractivity contribution in [3.63, 3.8) is 0 Å². The summed E-state index contributed by atoms with van der Waals surface area (Å²) in [4.78, 5) is 12.9. The molecule has 0 unspecified atom stereocenters. The van der Waals surface area contributed by atoms with E-state index in [-0.39, 0.29) is 39.2 Å². The molecule has 1 heterocycles. The van der Waals surface area contributed by atoms with E-state index in [1.807, 2.05) is 0 Å². The molecule has 3 N–H and O–H groups in total. The van der Waals surface area contributed by atoms with Gasteiger partial charge < -0.3 is 24.5 Å². The fourth-order valence-corrected chi connectivity index (χ4v) is 2.90. The lowest BCUT2D eigenvalue weighted by Crippen LogP contribution is -2.15. The van der Waals surface area contributed by atoms with Gasteiger partial charge in [-0.15, -0.1) is 6.58 Å². The Morgan fingerprint density at radius 1 is 1.12 bits per heavy atom. The highest BCUT2D eigenvalue weighted by molar-refractivity contribution is 5.97. The molecule has 0 fully saturated rings. The van der Waals surface area contributed by atoms with Crippen molar-refractivity contribution in [2.75, 3.05) is 7.11 Å². The Morgan fingerprint density at radius 3 is 2.40 bits per heavy atom.